The third-order valence-electron chi connectivity index (χ3n) is 6.55. The number of halogens is 1. The molecule has 0 spiro atoms. The number of rotatable bonds is 6. The molecule has 1 N–H and O–H groups in total. The van der Waals surface area contributed by atoms with E-state index in [0.717, 1.165) is 26.9 Å². The van der Waals surface area contributed by atoms with Crippen molar-refractivity contribution in [2.75, 3.05) is 6.61 Å². The molecule has 6 heteroatoms. The van der Waals surface area contributed by atoms with Crippen LogP contribution in [0.5, 0.6) is 5.75 Å². The van der Waals surface area contributed by atoms with Gasteiger partial charge < -0.3 is 14.8 Å². The molecule has 3 aromatic carbocycles. The number of carbonyl (C=O) groups excluding carboxylic acids is 2. The van der Waals surface area contributed by atoms with E-state index in [1.165, 1.54) is 5.56 Å². The number of aryl methyl sites for hydroxylation is 1. The fourth-order valence-electron chi connectivity index (χ4n) is 4.80. The minimum absolute atomic E-state index is 0.0804. The van der Waals surface area contributed by atoms with Crippen LogP contribution < -0.4 is 10.1 Å². The van der Waals surface area contributed by atoms with Crippen LogP contribution in [0.4, 0.5) is 0 Å². The van der Waals surface area contributed by atoms with Gasteiger partial charge in [-0.2, -0.15) is 0 Å². The normalized spacial score (nSPS) is 16.4. The highest BCUT2D eigenvalue weighted by molar-refractivity contribution is 9.10. The number of ketones is 1. The molecule has 3 aromatic rings. The molecule has 0 unspecified atom stereocenters. The molecule has 36 heavy (non-hydrogen) atoms. The highest BCUT2D eigenvalue weighted by atomic mass is 79.9. The summed E-state index contributed by atoms with van der Waals surface area (Å²) in [4.78, 5) is 26.7. The van der Waals surface area contributed by atoms with Crippen molar-refractivity contribution in [3.8, 4) is 5.75 Å². The average Bonchev–Trinajstić information content (AvgIpc) is 3.15. The summed E-state index contributed by atoms with van der Waals surface area (Å²) in [5.74, 6) is -0.397. The smallest absolute Gasteiger partial charge is 0.336 e. The van der Waals surface area contributed by atoms with E-state index in [4.69, 9.17) is 9.47 Å². The average molecular weight is 544 g/mol. The second-order valence-corrected chi connectivity index (χ2v) is 9.80. The summed E-state index contributed by atoms with van der Waals surface area (Å²) in [5.41, 5.74) is 6.99. The van der Waals surface area contributed by atoms with E-state index in [2.05, 4.69) is 40.3 Å². The third kappa shape index (κ3) is 4.26. The highest BCUT2D eigenvalue weighted by Crippen LogP contribution is 2.47. The Morgan fingerprint density at radius 2 is 1.72 bits per heavy atom. The van der Waals surface area contributed by atoms with E-state index in [9.17, 15) is 9.59 Å². The van der Waals surface area contributed by atoms with Crippen LogP contribution in [-0.2, 0) is 16.1 Å². The fourth-order valence-corrected chi connectivity index (χ4v) is 5.31. The second-order valence-electron chi connectivity index (χ2n) is 8.94. The molecule has 0 fully saturated rings. The Kier molecular flexibility index (Phi) is 6.54. The number of hydrogen-bond donors (Lipinski definition) is 1. The van der Waals surface area contributed by atoms with Crippen LogP contribution >= 0.6 is 15.9 Å². The van der Waals surface area contributed by atoms with Crippen molar-refractivity contribution >= 4 is 33.4 Å². The number of allylic oxidation sites excluding steroid dienone is 2. The van der Waals surface area contributed by atoms with Crippen LogP contribution in [0.2, 0.25) is 0 Å². The maximum absolute atomic E-state index is 13.6. The van der Waals surface area contributed by atoms with E-state index in [-0.39, 0.29) is 12.4 Å². The van der Waals surface area contributed by atoms with Crippen LogP contribution in [-0.4, -0.2) is 18.4 Å². The first kappa shape index (κ1) is 24.1. The second kappa shape index (κ2) is 9.78. The summed E-state index contributed by atoms with van der Waals surface area (Å²) < 4.78 is 12.2. The lowest BCUT2D eigenvalue weighted by Gasteiger charge is -2.29. The lowest BCUT2D eigenvalue weighted by molar-refractivity contribution is -0.138. The molecule has 0 radical (unpaired) electrons. The van der Waals surface area contributed by atoms with Crippen molar-refractivity contribution in [3.05, 3.63) is 116 Å². The molecule has 0 saturated heterocycles. The first-order valence-electron chi connectivity index (χ1n) is 11.9. The number of hydrogen-bond acceptors (Lipinski definition) is 5. The first-order valence-corrected chi connectivity index (χ1v) is 12.7. The van der Waals surface area contributed by atoms with Crippen molar-refractivity contribution in [2.24, 2.45) is 0 Å². The molecule has 0 aromatic heterocycles. The van der Waals surface area contributed by atoms with E-state index in [1.54, 1.807) is 6.92 Å². The molecule has 182 valence electrons. The number of ether oxygens (including phenoxy) is 2. The van der Waals surface area contributed by atoms with Gasteiger partial charge in [0.05, 0.1) is 22.3 Å². The van der Waals surface area contributed by atoms with Crippen LogP contribution in [0, 0.1) is 6.92 Å². The monoisotopic (exact) mass is 543 g/mol. The number of esters is 1. The molecule has 5 rings (SSSR count). The van der Waals surface area contributed by atoms with Crippen molar-refractivity contribution in [2.45, 2.75) is 33.3 Å². The molecule has 1 aliphatic carbocycles. The molecular formula is C30H26BrNO4. The van der Waals surface area contributed by atoms with Crippen LogP contribution in [0.15, 0.2) is 88.0 Å². The summed E-state index contributed by atoms with van der Waals surface area (Å²) in [5, 5.41) is 3.32. The summed E-state index contributed by atoms with van der Waals surface area (Å²) in [6.07, 6.45) is 0. The van der Waals surface area contributed by atoms with E-state index < -0.39 is 11.9 Å². The maximum atomic E-state index is 13.6. The van der Waals surface area contributed by atoms with Gasteiger partial charge in [-0.05, 0) is 60.0 Å². The summed E-state index contributed by atoms with van der Waals surface area (Å²) in [6.45, 7) is 6.36. The van der Waals surface area contributed by atoms with Crippen LogP contribution in [0.3, 0.4) is 0 Å². The third-order valence-corrected chi connectivity index (χ3v) is 7.17. The SMILES string of the molecule is CCOC(=O)C1=C(C)NC2=C(C(=O)c3ccccc32)[C@@H]1c1ccc(OCc2ccc(C)cc2)c(Br)c1. The van der Waals surface area contributed by atoms with Gasteiger partial charge in [-0.15, -0.1) is 0 Å². The topological polar surface area (TPSA) is 64.6 Å². The zero-order chi connectivity index (χ0) is 25.4. The molecule has 1 atom stereocenters. The van der Waals surface area contributed by atoms with Crippen molar-refractivity contribution in [1.82, 2.24) is 5.32 Å². The molecule has 5 nitrogen and oxygen atoms in total. The Morgan fingerprint density at radius 3 is 2.42 bits per heavy atom. The van der Waals surface area contributed by atoms with Gasteiger partial charge in [0, 0.05) is 28.3 Å². The zero-order valence-electron chi connectivity index (χ0n) is 20.4. The lowest BCUT2D eigenvalue weighted by Crippen LogP contribution is -2.29. The highest BCUT2D eigenvalue weighted by Gasteiger charge is 2.43. The Bertz CT molecular complexity index is 1440. The van der Waals surface area contributed by atoms with Crippen LogP contribution in [0.25, 0.3) is 5.70 Å². The predicted molar refractivity (Wildman–Crippen MR) is 143 cm³/mol. The van der Waals surface area contributed by atoms with Gasteiger partial charge in [0.2, 0.25) is 0 Å². The van der Waals surface area contributed by atoms with Gasteiger partial charge in [-0.25, -0.2) is 4.79 Å². The Hall–Kier alpha value is -3.64. The molecule has 0 saturated carbocycles. The van der Waals surface area contributed by atoms with Gasteiger partial charge in [0.15, 0.2) is 5.78 Å². The Balaban J connectivity index is 1.53. The Labute approximate surface area is 219 Å². The molecular weight excluding hydrogens is 518 g/mol. The molecule has 2 aliphatic rings. The minimum atomic E-state index is -0.567. The van der Waals surface area contributed by atoms with Gasteiger partial charge >= 0.3 is 5.97 Å². The van der Waals surface area contributed by atoms with Crippen LogP contribution in [0.1, 0.15) is 52.4 Å². The zero-order valence-corrected chi connectivity index (χ0v) is 21.9. The van der Waals surface area contributed by atoms with E-state index >= 15 is 0 Å². The predicted octanol–water partition coefficient (Wildman–Crippen LogP) is 6.47. The van der Waals surface area contributed by atoms with E-state index in [1.807, 2.05) is 61.5 Å². The fraction of sp³-hybridized carbons (Fsp3) is 0.200. The van der Waals surface area contributed by atoms with E-state index in [0.29, 0.717) is 34.8 Å². The number of fused-ring (bicyclic) bond motifs is 2. The minimum Gasteiger partial charge on any atom is -0.488 e. The number of dihydropyridines is 1. The van der Waals surface area contributed by atoms with Gasteiger partial charge in [0.25, 0.3) is 0 Å². The quantitative estimate of drug-likeness (QED) is 0.361. The molecule has 1 aliphatic heterocycles. The number of Topliss-reactive ketones (excluding diaryl/α,β-unsaturated/α-hetero) is 1. The van der Waals surface area contributed by atoms with Gasteiger partial charge in [-0.3, -0.25) is 4.79 Å². The van der Waals surface area contributed by atoms with Crippen molar-refractivity contribution < 1.29 is 19.1 Å². The molecule has 0 amide bonds. The number of nitrogens with one attached hydrogen (secondary N) is 1. The largest absolute Gasteiger partial charge is 0.488 e. The number of carbonyl (C=O) groups is 2. The summed E-state index contributed by atoms with van der Waals surface area (Å²) in [7, 11) is 0. The lowest BCUT2D eigenvalue weighted by atomic mass is 9.80. The maximum Gasteiger partial charge on any atom is 0.336 e. The summed E-state index contributed by atoms with van der Waals surface area (Å²) in [6, 6.07) is 21.4. The van der Waals surface area contributed by atoms with Gasteiger partial charge in [0.1, 0.15) is 12.4 Å². The van der Waals surface area contributed by atoms with Crippen molar-refractivity contribution in [1.29, 1.82) is 0 Å². The molecule has 1 heterocycles. The standard InChI is InChI=1S/C30H26BrNO4/c1-4-35-30(34)25-18(3)32-28-21-7-5-6-8-22(21)29(33)27(28)26(25)20-13-14-24(23(31)15-20)36-16-19-11-9-17(2)10-12-19/h5-15,26,32H,4,16H2,1-3H3/t26-/m1/s1. The summed E-state index contributed by atoms with van der Waals surface area (Å²) >= 11 is 3.64. The first-order chi connectivity index (χ1) is 17.4. The van der Waals surface area contributed by atoms with Crippen molar-refractivity contribution in [3.63, 3.8) is 0 Å². The Morgan fingerprint density at radius 1 is 1.00 bits per heavy atom. The number of benzene rings is 3. The molecule has 0 bridgehead atoms. The van der Waals surface area contributed by atoms with Gasteiger partial charge in [-0.1, -0.05) is 60.2 Å².